The predicted octanol–water partition coefficient (Wildman–Crippen LogP) is 5.30. The maximum atomic E-state index is 15.2. The number of nitrogens with one attached hydrogen (secondary N) is 2. The fraction of sp³-hybridized carbons (Fsp3) is 0.449. The van der Waals surface area contributed by atoms with Crippen molar-refractivity contribution in [1.82, 2.24) is 39.4 Å². The first-order valence-electron chi connectivity index (χ1n) is 23.3. The molecule has 342 valence electrons. The quantitative estimate of drug-likeness (QED) is 0.188. The van der Waals surface area contributed by atoms with Gasteiger partial charge in [-0.15, -0.1) is 0 Å². The van der Waals surface area contributed by atoms with E-state index in [-0.39, 0.29) is 60.5 Å². The van der Waals surface area contributed by atoms with Crippen LogP contribution in [0.1, 0.15) is 86.3 Å². The van der Waals surface area contributed by atoms with Gasteiger partial charge in [-0.3, -0.25) is 29.4 Å². The second-order valence-corrected chi connectivity index (χ2v) is 19.3. The van der Waals surface area contributed by atoms with Crippen molar-refractivity contribution in [3.63, 3.8) is 0 Å². The highest BCUT2D eigenvalue weighted by molar-refractivity contribution is 6.05. The molecule has 0 saturated carbocycles. The average molecular weight is 896 g/mol. The molecule has 17 heteroatoms. The minimum absolute atomic E-state index is 0.128. The van der Waals surface area contributed by atoms with E-state index in [0.29, 0.717) is 41.5 Å². The fourth-order valence-corrected chi connectivity index (χ4v) is 11.2. The Morgan fingerprint density at radius 2 is 1.61 bits per heavy atom. The summed E-state index contributed by atoms with van der Waals surface area (Å²) in [5.74, 6) is -0.660. The number of benzene rings is 2. The van der Waals surface area contributed by atoms with E-state index in [1.807, 2.05) is 24.3 Å². The van der Waals surface area contributed by atoms with Crippen molar-refractivity contribution >= 4 is 51.8 Å². The van der Waals surface area contributed by atoms with E-state index in [1.165, 1.54) is 28.1 Å². The number of rotatable bonds is 6. The zero-order valence-electron chi connectivity index (χ0n) is 37.1. The number of imide groups is 1. The lowest BCUT2D eigenvalue weighted by Gasteiger charge is -2.42. The Bertz CT molecular complexity index is 2840. The van der Waals surface area contributed by atoms with E-state index >= 15 is 4.39 Å². The van der Waals surface area contributed by atoms with Crippen LogP contribution >= 0.6 is 0 Å². The van der Waals surface area contributed by atoms with Gasteiger partial charge in [-0.25, -0.2) is 23.7 Å². The molecule has 2 atom stereocenters. The SMILES string of the molecule is C[C@@]1(O)CCC=C(F)Cn2c(=O)c3cnc(Nc4ccc(N5CCC(N6CCC7(CCN(c8ccc9c(c8)C(=O)N(C8CCC(=O)NC8=O)C9)CC7)C6)CC5)cc4)nc3n2-c2cccc1n2. The molecule has 16 nitrogen and oxygen atoms in total. The number of carbonyl (C=O) groups is 3. The molecule has 4 saturated heterocycles. The van der Waals surface area contributed by atoms with Crippen LogP contribution in [0.3, 0.4) is 0 Å². The summed E-state index contributed by atoms with van der Waals surface area (Å²) in [4.78, 5) is 74.4. The van der Waals surface area contributed by atoms with E-state index in [2.05, 4.69) is 48.5 Å². The molecule has 11 rings (SSSR count). The number of piperidine rings is 3. The third-order valence-corrected chi connectivity index (χ3v) is 15.1. The van der Waals surface area contributed by atoms with Crippen LogP contribution in [0.2, 0.25) is 0 Å². The molecule has 3 N–H and O–H groups in total. The van der Waals surface area contributed by atoms with Gasteiger partial charge in [0.2, 0.25) is 17.8 Å². The number of allylic oxidation sites excluding steroid dienone is 2. The zero-order chi connectivity index (χ0) is 45.3. The van der Waals surface area contributed by atoms with Crippen molar-refractivity contribution < 1.29 is 23.9 Å². The molecule has 4 fully saturated rings. The normalized spacial score (nSPS) is 23.7. The number of fused-ring (bicyclic) bond motifs is 7. The Morgan fingerprint density at radius 3 is 2.39 bits per heavy atom. The van der Waals surface area contributed by atoms with Crippen molar-refractivity contribution in [2.75, 3.05) is 54.4 Å². The zero-order valence-corrected chi connectivity index (χ0v) is 37.1. The molecule has 9 heterocycles. The van der Waals surface area contributed by atoms with Gasteiger partial charge in [0, 0.05) is 80.6 Å². The lowest BCUT2D eigenvalue weighted by Crippen LogP contribution is -2.52. The van der Waals surface area contributed by atoms with Crippen molar-refractivity contribution in [3.8, 4) is 5.82 Å². The van der Waals surface area contributed by atoms with Crippen LogP contribution in [0.4, 0.5) is 27.4 Å². The van der Waals surface area contributed by atoms with Crippen LogP contribution in [-0.2, 0) is 28.3 Å². The van der Waals surface area contributed by atoms with Crippen LogP contribution in [0, 0.1) is 5.41 Å². The van der Waals surface area contributed by atoms with Crippen LogP contribution in [0.25, 0.3) is 16.9 Å². The molecule has 1 spiro atoms. The minimum atomic E-state index is -1.29. The molecule has 3 amide bonds. The summed E-state index contributed by atoms with van der Waals surface area (Å²) < 4.78 is 17.9. The molecule has 2 aromatic carbocycles. The van der Waals surface area contributed by atoms with Gasteiger partial charge in [0.05, 0.1) is 12.2 Å². The summed E-state index contributed by atoms with van der Waals surface area (Å²) >= 11 is 0. The molecule has 6 aliphatic heterocycles. The van der Waals surface area contributed by atoms with E-state index in [0.717, 1.165) is 87.6 Å². The number of aromatic nitrogens is 5. The summed E-state index contributed by atoms with van der Waals surface area (Å²) in [6, 6.07) is 19.5. The Kier molecular flexibility index (Phi) is 10.5. The number of hydrogen-bond donors (Lipinski definition) is 3. The summed E-state index contributed by atoms with van der Waals surface area (Å²) in [5, 5.41) is 17.1. The molecule has 2 bridgehead atoms. The number of carbonyl (C=O) groups excluding carboxylic acids is 3. The third-order valence-electron chi connectivity index (χ3n) is 15.1. The monoisotopic (exact) mass is 895 g/mol. The first kappa shape index (κ1) is 42.2. The lowest BCUT2D eigenvalue weighted by atomic mass is 9.77. The average Bonchev–Trinajstić information content (AvgIpc) is 3.97. The Morgan fingerprint density at radius 1 is 0.848 bits per heavy atom. The minimum Gasteiger partial charge on any atom is -0.384 e. The second kappa shape index (κ2) is 16.5. The molecule has 0 radical (unpaired) electrons. The van der Waals surface area contributed by atoms with Gasteiger partial charge < -0.3 is 25.1 Å². The number of amides is 3. The summed E-state index contributed by atoms with van der Waals surface area (Å²) in [6.45, 7) is 7.85. The topological polar surface area (TPSA) is 174 Å². The van der Waals surface area contributed by atoms with Crippen molar-refractivity contribution in [1.29, 1.82) is 0 Å². The highest BCUT2D eigenvalue weighted by atomic mass is 19.1. The number of nitrogens with zero attached hydrogens (tertiary/aromatic N) is 9. The highest BCUT2D eigenvalue weighted by Gasteiger charge is 2.44. The van der Waals surface area contributed by atoms with Crippen LogP contribution in [0.15, 0.2) is 83.6 Å². The summed E-state index contributed by atoms with van der Waals surface area (Å²) in [7, 11) is 0. The second-order valence-electron chi connectivity index (χ2n) is 19.3. The smallest absolute Gasteiger partial charge is 0.278 e. The van der Waals surface area contributed by atoms with Crippen molar-refractivity contribution in [3.05, 3.63) is 106 Å². The highest BCUT2D eigenvalue weighted by Crippen LogP contribution is 2.43. The maximum absolute atomic E-state index is 15.2. The van der Waals surface area contributed by atoms with Gasteiger partial charge in [-0.2, -0.15) is 4.98 Å². The first-order valence-corrected chi connectivity index (χ1v) is 23.3. The summed E-state index contributed by atoms with van der Waals surface area (Å²) in [6.07, 6.45) is 9.69. The number of likely N-dealkylation sites (tertiary alicyclic amines) is 1. The maximum Gasteiger partial charge on any atom is 0.278 e. The van der Waals surface area contributed by atoms with Gasteiger partial charge in [0.15, 0.2) is 11.5 Å². The van der Waals surface area contributed by atoms with Crippen molar-refractivity contribution in [2.24, 2.45) is 5.41 Å². The first-order chi connectivity index (χ1) is 31.9. The number of aliphatic hydroxyl groups is 1. The molecule has 6 aliphatic rings. The van der Waals surface area contributed by atoms with Gasteiger partial charge in [0.25, 0.3) is 11.5 Å². The van der Waals surface area contributed by atoms with Gasteiger partial charge >= 0.3 is 0 Å². The predicted molar refractivity (Wildman–Crippen MR) is 246 cm³/mol. The number of halogens is 1. The van der Waals surface area contributed by atoms with Gasteiger partial charge in [-0.05, 0) is 124 Å². The summed E-state index contributed by atoms with van der Waals surface area (Å²) in [5.41, 5.74) is 3.88. The van der Waals surface area contributed by atoms with Crippen LogP contribution < -0.4 is 26.0 Å². The van der Waals surface area contributed by atoms with Gasteiger partial charge in [0.1, 0.15) is 22.9 Å². The molecule has 0 aliphatic carbocycles. The Labute approximate surface area is 381 Å². The Balaban J connectivity index is 0.697. The van der Waals surface area contributed by atoms with E-state index in [1.54, 1.807) is 30.0 Å². The van der Waals surface area contributed by atoms with Gasteiger partial charge in [-0.1, -0.05) is 18.2 Å². The molecule has 66 heavy (non-hydrogen) atoms. The molecular formula is C49H54FN11O5. The van der Waals surface area contributed by atoms with Crippen molar-refractivity contribution in [2.45, 2.75) is 95.5 Å². The lowest BCUT2D eigenvalue weighted by molar-refractivity contribution is -0.136. The molecular weight excluding hydrogens is 842 g/mol. The molecule has 3 aromatic heterocycles. The van der Waals surface area contributed by atoms with Crippen LogP contribution in [0.5, 0.6) is 0 Å². The largest absolute Gasteiger partial charge is 0.384 e. The third kappa shape index (κ3) is 7.70. The molecule has 5 aromatic rings. The van der Waals surface area contributed by atoms with E-state index in [9.17, 15) is 24.3 Å². The Hall–Kier alpha value is -6.46. The van der Waals surface area contributed by atoms with E-state index in [4.69, 9.17) is 9.97 Å². The standard InChI is InChI=1S/C49H54FN11O5/c1-48(66)17-3-4-32(50)29-60-46(65)38-27-51-47(55-43(38)61(60)41-6-2-5-40(48)53-41)52-33-8-11-34(12-9-33)56-21-15-35(16-22-56)58-25-20-49(30-58)18-23-57(24-19-49)36-10-7-31-28-59(45(64)37(31)26-36)39-13-14-42(62)54-44(39)63/h2,4-12,26-27,35,39,66H,3,13-25,28-30H2,1H3,(H,51,52,55)(H,54,62,63)/t39?,48-/m1/s1. The fourth-order valence-electron chi connectivity index (χ4n) is 11.2. The van der Waals surface area contributed by atoms with E-state index < -0.39 is 23.0 Å². The molecule has 1 unspecified atom stereocenters. The van der Waals surface area contributed by atoms with Crippen LogP contribution in [-0.4, -0.2) is 108 Å². The number of anilines is 4. The number of pyridine rings is 1. The number of hydrogen-bond acceptors (Lipinski definition) is 12.